The fourth-order valence-electron chi connectivity index (χ4n) is 0.787. The molecule has 0 amide bonds. The Labute approximate surface area is 66.0 Å². The van der Waals surface area contributed by atoms with Gasteiger partial charge in [-0.1, -0.05) is 23.7 Å². The van der Waals surface area contributed by atoms with E-state index in [9.17, 15) is 0 Å². The van der Waals surface area contributed by atoms with Gasteiger partial charge in [-0.25, -0.2) is 0 Å². The van der Waals surface area contributed by atoms with E-state index in [0.717, 1.165) is 11.6 Å². The van der Waals surface area contributed by atoms with Crippen LogP contribution in [0.15, 0.2) is 24.3 Å². The smallest absolute Gasteiger partial charge is 0.0773 e. The fourth-order valence-corrected chi connectivity index (χ4v) is 0.913. The third-order valence-electron chi connectivity index (χ3n) is 1.29. The quantitative estimate of drug-likeness (QED) is 0.619. The first kappa shape index (κ1) is 7.58. The number of quaternary nitrogens is 1. The van der Waals surface area contributed by atoms with Crippen molar-refractivity contribution in [3.05, 3.63) is 41.9 Å². The highest BCUT2D eigenvalue weighted by molar-refractivity contribution is 6.30. The van der Waals surface area contributed by atoms with Gasteiger partial charge < -0.3 is 5.32 Å². The van der Waals surface area contributed by atoms with Crippen molar-refractivity contribution in [3.63, 3.8) is 0 Å². The monoisotopic (exact) mass is 155 g/mol. The second-order valence-electron chi connectivity index (χ2n) is 2.12. The van der Waals surface area contributed by atoms with Gasteiger partial charge in [0, 0.05) is 10.6 Å². The van der Waals surface area contributed by atoms with E-state index in [1.807, 2.05) is 29.6 Å². The Balaban J connectivity index is 2.69. The maximum absolute atomic E-state index is 5.69. The van der Waals surface area contributed by atoms with Crippen LogP contribution in [-0.4, -0.2) is 0 Å². The lowest BCUT2D eigenvalue weighted by Crippen LogP contribution is -2.74. The summed E-state index contributed by atoms with van der Waals surface area (Å²) in [6, 6.07) is 7.79. The zero-order valence-corrected chi connectivity index (χ0v) is 6.43. The van der Waals surface area contributed by atoms with Crippen LogP contribution in [0.1, 0.15) is 5.56 Å². The van der Waals surface area contributed by atoms with E-state index in [2.05, 4.69) is 7.05 Å². The van der Waals surface area contributed by atoms with Crippen LogP contribution < -0.4 is 5.32 Å². The Bertz CT molecular complexity index is 193. The number of nitrogens with two attached hydrogens (primary N) is 1. The van der Waals surface area contributed by atoms with Crippen molar-refractivity contribution in [1.29, 1.82) is 0 Å². The average molecular weight is 156 g/mol. The topological polar surface area (TPSA) is 16.6 Å². The summed E-state index contributed by atoms with van der Waals surface area (Å²) < 4.78 is 0. The van der Waals surface area contributed by atoms with Gasteiger partial charge in [-0.15, -0.1) is 0 Å². The molecule has 0 atom stereocenters. The van der Waals surface area contributed by atoms with E-state index in [-0.39, 0.29) is 0 Å². The van der Waals surface area contributed by atoms with Crippen molar-refractivity contribution in [2.24, 2.45) is 0 Å². The van der Waals surface area contributed by atoms with Crippen LogP contribution >= 0.6 is 11.6 Å². The van der Waals surface area contributed by atoms with Gasteiger partial charge in [-0.05, 0) is 12.1 Å². The minimum atomic E-state index is 0.785. The summed E-state index contributed by atoms with van der Waals surface area (Å²) >= 11 is 5.69. The van der Waals surface area contributed by atoms with E-state index < -0.39 is 0 Å². The molecule has 0 aliphatic heterocycles. The molecule has 1 rings (SSSR count). The van der Waals surface area contributed by atoms with Crippen LogP contribution in [-0.2, 0) is 6.54 Å². The summed E-state index contributed by atoms with van der Waals surface area (Å²) in [5.74, 6) is 0. The van der Waals surface area contributed by atoms with E-state index in [0.29, 0.717) is 0 Å². The summed E-state index contributed by atoms with van der Waals surface area (Å²) in [6.45, 7) is 0.914. The molecule has 0 bridgehead atoms. The van der Waals surface area contributed by atoms with Gasteiger partial charge in [-0.2, -0.15) is 7.05 Å². The molecule has 0 aromatic heterocycles. The van der Waals surface area contributed by atoms with Gasteiger partial charge >= 0.3 is 0 Å². The van der Waals surface area contributed by atoms with Crippen molar-refractivity contribution in [2.75, 3.05) is 0 Å². The van der Waals surface area contributed by atoms with Crippen LogP contribution in [0.3, 0.4) is 0 Å². The number of halogens is 1. The zero-order valence-electron chi connectivity index (χ0n) is 5.68. The number of benzene rings is 1. The van der Waals surface area contributed by atoms with Crippen LogP contribution in [0.25, 0.3) is 0 Å². The molecular formula is C8H10ClN. The highest BCUT2D eigenvalue weighted by atomic mass is 35.5. The Hall–Kier alpha value is -0.530. The summed E-state index contributed by atoms with van der Waals surface area (Å²) in [5.41, 5.74) is 1.25. The predicted octanol–water partition coefficient (Wildman–Crippen LogP) is 1.19. The van der Waals surface area contributed by atoms with Crippen molar-refractivity contribution in [1.82, 2.24) is 0 Å². The molecule has 0 heterocycles. The van der Waals surface area contributed by atoms with Crippen LogP contribution in [0.5, 0.6) is 0 Å². The van der Waals surface area contributed by atoms with Gasteiger partial charge in [0.2, 0.25) is 0 Å². The molecule has 1 nitrogen and oxygen atoms in total. The van der Waals surface area contributed by atoms with E-state index in [1.165, 1.54) is 5.56 Å². The second-order valence-corrected chi connectivity index (χ2v) is 2.56. The second kappa shape index (κ2) is 3.59. The lowest BCUT2D eigenvalue weighted by molar-refractivity contribution is -0.612. The fraction of sp³-hybridized carbons (Fsp3) is 0.125. The van der Waals surface area contributed by atoms with Gasteiger partial charge in [-0.3, -0.25) is 0 Å². The maximum Gasteiger partial charge on any atom is 0.0773 e. The first-order valence-corrected chi connectivity index (χ1v) is 3.56. The summed E-state index contributed by atoms with van der Waals surface area (Å²) in [5, 5.41) is 2.66. The molecule has 10 heavy (non-hydrogen) atoms. The highest BCUT2D eigenvalue weighted by Gasteiger charge is 1.89. The van der Waals surface area contributed by atoms with E-state index in [4.69, 9.17) is 11.6 Å². The number of hydrogen-bond acceptors (Lipinski definition) is 0. The number of hydrogen-bond donors (Lipinski definition) is 1. The van der Waals surface area contributed by atoms with E-state index >= 15 is 0 Å². The molecule has 0 fully saturated rings. The minimum Gasteiger partial charge on any atom is -0.475 e. The van der Waals surface area contributed by atoms with Gasteiger partial charge in [0.05, 0.1) is 6.54 Å². The molecule has 2 N–H and O–H groups in total. The number of rotatable bonds is 2. The van der Waals surface area contributed by atoms with Gasteiger partial charge in [0.15, 0.2) is 0 Å². The molecule has 54 valence electrons. The van der Waals surface area contributed by atoms with Crippen molar-refractivity contribution in [3.8, 4) is 0 Å². The largest absolute Gasteiger partial charge is 0.475 e. The maximum atomic E-state index is 5.69. The standard InChI is InChI=1S/C8H10ClN/c1-10-6-7-2-4-8(9)5-3-7/h2-5H,1,6,10H2. The lowest BCUT2D eigenvalue weighted by Gasteiger charge is -1.99. The van der Waals surface area contributed by atoms with Crippen molar-refractivity contribution in [2.45, 2.75) is 6.54 Å². The molecule has 0 spiro atoms. The van der Waals surface area contributed by atoms with Crippen molar-refractivity contribution < 1.29 is 5.32 Å². The predicted molar refractivity (Wildman–Crippen MR) is 42.4 cm³/mol. The molecule has 2 heteroatoms. The molecule has 0 aliphatic rings. The molecule has 1 aromatic rings. The first-order chi connectivity index (χ1) is 4.83. The normalized spacial score (nSPS) is 9.80. The van der Waals surface area contributed by atoms with Crippen molar-refractivity contribution >= 4 is 11.6 Å². The van der Waals surface area contributed by atoms with Crippen LogP contribution in [0.2, 0.25) is 5.02 Å². The molecule has 0 radical (unpaired) electrons. The van der Waals surface area contributed by atoms with Crippen LogP contribution in [0.4, 0.5) is 0 Å². The third kappa shape index (κ3) is 2.01. The molecule has 0 unspecified atom stereocenters. The Kier molecular flexibility index (Phi) is 2.72. The average Bonchev–Trinajstić information content (AvgIpc) is 1.95. The minimum absolute atomic E-state index is 0.785. The SMILES string of the molecule is [CH2-][NH2+]Cc1ccc(Cl)cc1. The lowest BCUT2D eigenvalue weighted by atomic mass is 10.2. The zero-order chi connectivity index (χ0) is 7.40. The Morgan fingerprint density at radius 2 is 1.90 bits per heavy atom. The summed E-state index contributed by atoms with van der Waals surface area (Å²) in [4.78, 5) is 0. The molecule has 1 aromatic carbocycles. The first-order valence-electron chi connectivity index (χ1n) is 3.18. The Morgan fingerprint density at radius 3 is 2.40 bits per heavy atom. The molecular weight excluding hydrogens is 146 g/mol. The molecule has 0 saturated heterocycles. The van der Waals surface area contributed by atoms with Gasteiger partial charge in [0.25, 0.3) is 0 Å². The molecule has 0 aliphatic carbocycles. The van der Waals surface area contributed by atoms with Gasteiger partial charge in [0.1, 0.15) is 0 Å². The Morgan fingerprint density at radius 1 is 1.30 bits per heavy atom. The van der Waals surface area contributed by atoms with E-state index in [1.54, 1.807) is 0 Å². The summed E-state index contributed by atoms with van der Waals surface area (Å²) in [6.07, 6.45) is 0. The third-order valence-corrected chi connectivity index (χ3v) is 1.55. The highest BCUT2D eigenvalue weighted by Crippen LogP contribution is 2.07. The van der Waals surface area contributed by atoms with Crippen LogP contribution in [0, 0.1) is 7.05 Å². The molecule has 0 saturated carbocycles. The summed E-state index contributed by atoms with van der Waals surface area (Å²) in [7, 11) is 3.65.